The predicted octanol–water partition coefficient (Wildman–Crippen LogP) is 3.45. The number of benzene rings is 1. The van der Waals surface area contributed by atoms with E-state index >= 15 is 0 Å². The second-order valence-corrected chi connectivity index (χ2v) is 5.48. The van der Waals surface area contributed by atoms with Crippen molar-refractivity contribution in [1.82, 2.24) is 4.90 Å². The molecule has 1 amide bonds. The monoisotopic (exact) mass is 307 g/mol. The van der Waals surface area contributed by atoms with Crippen molar-refractivity contribution in [1.29, 1.82) is 0 Å². The molecule has 3 heteroatoms. The molecule has 1 aromatic rings. The Bertz CT molecular complexity index is 475. The minimum absolute atomic E-state index is 0.129. The van der Waals surface area contributed by atoms with Gasteiger partial charge in [0, 0.05) is 28.0 Å². The van der Waals surface area contributed by atoms with E-state index in [1.54, 1.807) is 4.90 Å². The third-order valence-electron chi connectivity index (χ3n) is 2.53. The van der Waals surface area contributed by atoms with Gasteiger partial charge in [-0.3, -0.25) is 4.79 Å². The first-order valence-electron chi connectivity index (χ1n) is 6.02. The fourth-order valence-corrected chi connectivity index (χ4v) is 2.20. The highest BCUT2D eigenvalue weighted by atomic mass is 79.9. The summed E-state index contributed by atoms with van der Waals surface area (Å²) in [5.74, 6) is 5.50. The van der Waals surface area contributed by atoms with E-state index in [1.807, 2.05) is 52.0 Å². The zero-order valence-corrected chi connectivity index (χ0v) is 12.8. The number of halogens is 1. The molecule has 0 aliphatic heterocycles. The van der Waals surface area contributed by atoms with Gasteiger partial charge in [0.25, 0.3) is 5.91 Å². The van der Waals surface area contributed by atoms with Crippen molar-refractivity contribution < 1.29 is 4.79 Å². The summed E-state index contributed by atoms with van der Waals surface area (Å²) in [6, 6.07) is 7.95. The Labute approximate surface area is 118 Å². The van der Waals surface area contributed by atoms with Crippen LogP contribution in [0.4, 0.5) is 0 Å². The topological polar surface area (TPSA) is 20.3 Å². The molecule has 0 heterocycles. The van der Waals surface area contributed by atoms with Gasteiger partial charge in [0.2, 0.25) is 0 Å². The molecule has 1 aromatic carbocycles. The molecule has 0 fully saturated rings. The maximum Gasteiger partial charge on any atom is 0.299 e. The van der Waals surface area contributed by atoms with E-state index in [-0.39, 0.29) is 18.0 Å². The van der Waals surface area contributed by atoms with Crippen LogP contribution in [0.25, 0.3) is 0 Å². The highest BCUT2D eigenvalue weighted by Gasteiger charge is 2.17. The highest BCUT2D eigenvalue weighted by Crippen LogP contribution is 2.14. The summed E-state index contributed by atoms with van der Waals surface area (Å²) in [5, 5.41) is 0. The second kappa shape index (κ2) is 6.61. The van der Waals surface area contributed by atoms with E-state index in [9.17, 15) is 4.79 Å². The predicted molar refractivity (Wildman–Crippen MR) is 78.1 cm³/mol. The van der Waals surface area contributed by atoms with E-state index in [0.29, 0.717) is 0 Å². The first-order valence-corrected chi connectivity index (χ1v) is 6.81. The van der Waals surface area contributed by atoms with Gasteiger partial charge in [-0.05, 0) is 55.8 Å². The van der Waals surface area contributed by atoms with Crippen molar-refractivity contribution in [3.63, 3.8) is 0 Å². The van der Waals surface area contributed by atoms with Crippen LogP contribution in [0.2, 0.25) is 0 Å². The molecule has 0 atom stereocenters. The maximum absolute atomic E-state index is 12.0. The summed E-state index contributed by atoms with van der Waals surface area (Å²) in [6.45, 7) is 7.99. The summed E-state index contributed by atoms with van der Waals surface area (Å²) in [6.07, 6.45) is 0. The summed E-state index contributed by atoms with van der Waals surface area (Å²) in [4.78, 5) is 13.8. The van der Waals surface area contributed by atoms with Crippen LogP contribution in [0.5, 0.6) is 0 Å². The van der Waals surface area contributed by atoms with Crippen molar-refractivity contribution in [3.8, 4) is 11.8 Å². The molecule has 0 spiro atoms. The number of rotatable bonds is 2. The Morgan fingerprint density at radius 2 is 1.72 bits per heavy atom. The first-order chi connectivity index (χ1) is 8.43. The number of hydrogen-bond acceptors (Lipinski definition) is 1. The SMILES string of the molecule is CC(C)N(C(=O)C#Cc1ccccc1Br)C(C)C. The van der Waals surface area contributed by atoms with Crippen LogP contribution in [0, 0.1) is 11.8 Å². The summed E-state index contributed by atoms with van der Waals surface area (Å²) in [7, 11) is 0. The Hall–Kier alpha value is -1.27. The molecular weight excluding hydrogens is 290 g/mol. The molecule has 0 saturated heterocycles. The smallest absolute Gasteiger partial charge is 0.299 e. The van der Waals surface area contributed by atoms with E-state index in [4.69, 9.17) is 0 Å². The quantitative estimate of drug-likeness (QED) is 0.766. The lowest BCUT2D eigenvalue weighted by Crippen LogP contribution is -2.41. The van der Waals surface area contributed by atoms with Crippen LogP contribution < -0.4 is 0 Å². The zero-order chi connectivity index (χ0) is 13.7. The van der Waals surface area contributed by atoms with Gasteiger partial charge in [0.1, 0.15) is 0 Å². The van der Waals surface area contributed by atoms with Gasteiger partial charge >= 0.3 is 0 Å². The molecule has 0 saturated carbocycles. The van der Waals surface area contributed by atoms with Crippen LogP contribution in [0.1, 0.15) is 33.3 Å². The number of carbonyl (C=O) groups excluding carboxylic acids is 1. The van der Waals surface area contributed by atoms with Gasteiger partial charge in [0.05, 0.1) is 0 Å². The van der Waals surface area contributed by atoms with Gasteiger partial charge in [-0.1, -0.05) is 18.1 Å². The van der Waals surface area contributed by atoms with E-state index < -0.39 is 0 Å². The van der Waals surface area contributed by atoms with Crippen molar-refractivity contribution in [2.45, 2.75) is 39.8 Å². The second-order valence-electron chi connectivity index (χ2n) is 4.63. The van der Waals surface area contributed by atoms with Gasteiger partial charge in [0.15, 0.2) is 0 Å². The van der Waals surface area contributed by atoms with Gasteiger partial charge < -0.3 is 4.90 Å². The molecule has 0 aliphatic carbocycles. The molecular formula is C15H18BrNO. The minimum atomic E-state index is -0.129. The third-order valence-corrected chi connectivity index (χ3v) is 3.22. The standard InChI is InChI=1S/C15H18BrNO/c1-11(2)17(12(3)4)15(18)10-9-13-7-5-6-8-14(13)16/h5-8,11-12H,1-4H3. The normalized spacial score (nSPS) is 10.2. The van der Waals surface area contributed by atoms with Crippen LogP contribution in [0.15, 0.2) is 28.7 Å². The molecule has 0 radical (unpaired) electrons. The summed E-state index contributed by atoms with van der Waals surface area (Å²) >= 11 is 3.41. The van der Waals surface area contributed by atoms with Crippen molar-refractivity contribution >= 4 is 21.8 Å². The lowest BCUT2D eigenvalue weighted by atomic mass is 10.2. The molecule has 96 valence electrons. The summed E-state index contributed by atoms with van der Waals surface area (Å²) in [5.41, 5.74) is 0.832. The highest BCUT2D eigenvalue weighted by molar-refractivity contribution is 9.10. The van der Waals surface area contributed by atoms with Crippen molar-refractivity contribution in [2.75, 3.05) is 0 Å². The maximum atomic E-state index is 12.0. The van der Waals surface area contributed by atoms with Gasteiger partial charge in [-0.15, -0.1) is 0 Å². The van der Waals surface area contributed by atoms with E-state index in [0.717, 1.165) is 10.0 Å². The minimum Gasteiger partial charge on any atom is -0.327 e. The third kappa shape index (κ3) is 3.89. The molecule has 2 nitrogen and oxygen atoms in total. The lowest BCUT2D eigenvalue weighted by molar-refractivity contribution is -0.128. The molecule has 0 N–H and O–H groups in total. The van der Waals surface area contributed by atoms with Crippen LogP contribution in [-0.4, -0.2) is 22.9 Å². The average molecular weight is 308 g/mol. The largest absolute Gasteiger partial charge is 0.327 e. The number of nitrogens with zero attached hydrogens (tertiary/aromatic N) is 1. The molecule has 0 bridgehead atoms. The van der Waals surface area contributed by atoms with Crippen molar-refractivity contribution in [3.05, 3.63) is 34.3 Å². The van der Waals surface area contributed by atoms with Crippen LogP contribution in [-0.2, 0) is 4.79 Å². The fourth-order valence-electron chi connectivity index (χ4n) is 1.81. The average Bonchev–Trinajstić information content (AvgIpc) is 2.27. The van der Waals surface area contributed by atoms with Gasteiger partial charge in [-0.2, -0.15) is 0 Å². The molecule has 0 unspecified atom stereocenters. The van der Waals surface area contributed by atoms with E-state index in [1.165, 1.54) is 0 Å². The Morgan fingerprint density at radius 1 is 1.17 bits per heavy atom. The van der Waals surface area contributed by atoms with Gasteiger partial charge in [-0.25, -0.2) is 0 Å². The van der Waals surface area contributed by atoms with Crippen LogP contribution in [0.3, 0.4) is 0 Å². The first kappa shape index (κ1) is 14.8. The summed E-state index contributed by atoms with van der Waals surface area (Å²) < 4.78 is 0.908. The molecule has 18 heavy (non-hydrogen) atoms. The number of carbonyl (C=O) groups is 1. The van der Waals surface area contributed by atoms with E-state index in [2.05, 4.69) is 27.8 Å². The molecule has 0 aliphatic rings. The lowest BCUT2D eigenvalue weighted by Gasteiger charge is -2.28. The Balaban J connectivity index is 2.92. The zero-order valence-electron chi connectivity index (χ0n) is 11.2. The Kier molecular flexibility index (Phi) is 5.43. The Morgan fingerprint density at radius 3 is 2.22 bits per heavy atom. The number of hydrogen-bond donors (Lipinski definition) is 0. The number of amides is 1. The molecule has 1 rings (SSSR count). The van der Waals surface area contributed by atoms with Crippen LogP contribution >= 0.6 is 15.9 Å². The van der Waals surface area contributed by atoms with Crippen molar-refractivity contribution in [2.24, 2.45) is 0 Å². The fraction of sp³-hybridized carbons (Fsp3) is 0.400. The molecule has 0 aromatic heterocycles.